The number of rotatable bonds is 3. The van der Waals surface area contributed by atoms with Gasteiger partial charge in [0.25, 0.3) is 11.8 Å². The summed E-state index contributed by atoms with van der Waals surface area (Å²) < 4.78 is 13.7. The first-order valence-corrected chi connectivity index (χ1v) is 8.50. The average molecular weight is 340 g/mol. The molecule has 0 aromatic heterocycles. The van der Waals surface area contributed by atoms with E-state index in [1.807, 2.05) is 4.90 Å². The first-order valence-electron chi connectivity index (χ1n) is 8.50. The largest absolute Gasteiger partial charge is 0.339 e. The molecule has 1 N–H and O–H groups in total. The van der Waals surface area contributed by atoms with Gasteiger partial charge in [0.05, 0.1) is 5.56 Å². The van der Waals surface area contributed by atoms with Crippen LogP contribution in [0.2, 0.25) is 0 Å². The Morgan fingerprint density at radius 1 is 1.08 bits per heavy atom. The quantitative estimate of drug-likeness (QED) is 0.920. The van der Waals surface area contributed by atoms with Crippen LogP contribution in [-0.4, -0.2) is 29.8 Å². The number of halogens is 1. The number of hydrogen-bond acceptors (Lipinski definition) is 2. The van der Waals surface area contributed by atoms with Gasteiger partial charge in [-0.15, -0.1) is 0 Å². The van der Waals surface area contributed by atoms with E-state index in [9.17, 15) is 14.0 Å². The maximum absolute atomic E-state index is 13.7. The zero-order valence-electron chi connectivity index (χ0n) is 14.2. The molecule has 130 valence electrons. The summed E-state index contributed by atoms with van der Waals surface area (Å²) in [5.41, 5.74) is 0.981. The van der Waals surface area contributed by atoms with E-state index in [4.69, 9.17) is 0 Å². The topological polar surface area (TPSA) is 49.4 Å². The van der Waals surface area contributed by atoms with Crippen molar-refractivity contribution in [3.8, 4) is 0 Å². The molecule has 1 aliphatic heterocycles. The van der Waals surface area contributed by atoms with Crippen LogP contribution in [0.5, 0.6) is 0 Å². The lowest BCUT2D eigenvalue weighted by Gasteiger charge is -2.30. The summed E-state index contributed by atoms with van der Waals surface area (Å²) in [6, 6.07) is 12.6. The maximum Gasteiger partial charge on any atom is 0.258 e. The van der Waals surface area contributed by atoms with E-state index < -0.39 is 11.7 Å². The number of likely N-dealkylation sites (tertiary alicyclic amines) is 1. The monoisotopic (exact) mass is 340 g/mol. The Kier molecular flexibility index (Phi) is 5.12. The third-order valence-corrected chi connectivity index (χ3v) is 4.56. The molecule has 0 aliphatic carbocycles. The fourth-order valence-electron chi connectivity index (χ4n) is 2.97. The van der Waals surface area contributed by atoms with Crippen LogP contribution in [0.3, 0.4) is 0 Å². The zero-order valence-corrected chi connectivity index (χ0v) is 14.2. The van der Waals surface area contributed by atoms with E-state index in [0.29, 0.717) is 17.2 Å². The Hall–Kier alpha value is -2.69. The minimum atomic E-state index is -0.574. The number of nitrogens with one attached hydrogen (secondary N) is 1. The van der Waals surface area contributed by atoms with Gasteiger partial charge in [0.15, 0.2) is 0 Å². The van der Waals surface area contributed by atoms with E-state index in [2.05, 4.69) is 12.2 Å². The number of nitrogens with zero attached hydrogens (tertiary/aromatic N) is 1. The van der Waals surface area contributed by atoms with Gasteiger partial charge in [-0.3, -0.25) is 9.59 Å². The van der Waals surface area contributed by atoms with E-state index in [1.54, 1.807) is 30.3 Å². The van der Waals surface area contributed by atoms with Crippen molar-refractivity contribution in [2.75, 3.05) is 18.4 Å². The first kappa shape index (κ1) is 17.1. The van der Waals surface area contributed by atoms with E-state index >= 15 is 0 Å². The van der Waals surface area contributed by atoms with Gasteiger partial charge in [-0.05, 0) is 49.1 Å². The van der Waals surface area contributed by atoms with Crippen molar-refractivity contribution in [1.82, 2.24) is 4.90 Å². The Bertz CT molecular complexity index is 783. The number of hydrogen-bond donors (Lipinski definition) is 1. The first-order chi connectivity index (χ1) is 12.0. The second-order valence-corrected chi connectivity index (χ2v) is 6.49. The summed E-state index contributed by atoms with van der Waals surface area (Å²) in [5, 5.41) is 2.65. The van der Waals surface area contributed by atoms with Gasteiger partial charge in [-0.25, -0.2) is 4.39 Å². The van der Waals surface area contributed by atoms with Crippen LogP contribution in [0.15, 0.2) is 48.5 Å². The summed E-state index contributed by atoms with van der Waals surface area (Å²) in [6.45, 7) is 3.71. The molecular formula is C20H21FN2O2. The molecule has 2 aromatic carbocycles. The lowest BCUT2D eigenvalue weighted by Crippen LogP contribution is -2.37. The van der Waals surface area contributed by atoms with Crippen molar-refractivity contribution in [2.45, 2.75) is 19.8 Å². The van der Waals surface area contributed by atoms with E-state index in [1.165, 1.54) is 18.2 Å². The summed E-state index contributed by atoms with van der Waals surface area (Å²) >= 11 is 0. The molecule has 2 aromatic rings. The molecule has 4 nitrogen and oxygen atoms in total. The Morgan fingerprint density at radius 3 is 2.52 bits per heavy atom. The summed E-state index contributed by atoms with van der Waals surface area (Å²) in [6.07, 6.45) is 2.02. The van der Waals surface area contributed by atoms with Crippen molar-refractivity contribution in [1.29, 1.82) is 0 Å². The number of piperidine rings is 1. The molecular weight excluding hydrogens is 319 g/mol. The second-order valence-electron chi connectivity index (χ2n) is 6.49. The molecule has 0 radical (unpaired) electrons. The summed E-state index contributed by atoms with van der Waals surface area (Å²) in [7, 11) is 0. The van der Waals surface area contributed by atoms with Crippen LogP contribution in [-0.2, 0) is 0 Å². The molecule has 0 atom stereocenters. The standard InChI is InChI=1S/C20H21FN2O2/c1-14-9-11-23(12-10-14)20(25)15-5-4-6-16(13-15)22-19(24)17-7-2-3-8-18(17)21/h2-8,13-14H,9-12H2,1H3,(H,22,24). The molecule has 1 heterocycles. The van der Waals surface area contributed by atoms with E-state index in [0.717, 1.165) is 25.9 Å². The van der Waals surface area contributed by atoms with Crippen LogP contribution in [0.25, 0.3) is 0 Å². The molecule has 1 saturated heterocycles. The van der Waals surface area contributed by atoms with Crippen molar-refractivity contribution in [3.63, 3.8) is 0 Å². The van der Waals surface area contributed by atoms with Gasteiger partial charge in [0, 0.05) is 24.3 Å². The number of carbonyl (C=O) groups excluding carboxylic acids is 2. The van der Waals surface area contributed by atoms with E-state index in [-0.39, 0.29) is 11.5 Å². The molecule has 1 aliphatic rings. The average Bonchev–Trinajstić information content (AvgIpc) is 2.62. The normalized spacial score (nSPS) is 15.0. The highest BCUT2D eigenvalue weighted by Crippen LogP contribution is 2.20. The Labute approximate surface area is 146 Å². The van der Waals surface area contributed by atoms with Gasteiger partial charge in [-0.1, -0.05) is 25.1 Å². The van der Waals surface area contributed by atoms with Crippen molar-refractivity contribution >= 4 is 17.5 Å². The predicted molar refractivity (Wildman–Crippen MR) is 95.1 cm³/mol. The fraction of sp³-hybridized carbons (Fsp3) is 0.300. The molecule has 0 unspecified atom stereocenters. The summed E-state index contributed by atoms with van der Waals surface area (Å²) in [5.74, 6) is -0.492. The third kappa shape index (κ3) is 4.05. The molecule has 2 amide bonds. The Morgan fingerprint density at radius 2 is 1.80 bits per heavy atom. The number of carbonyl (C=O) groups is 2. The number of anilines is 1. The van der Waals surface area contributed by atoms with Gasteiger partial charge in [0.2, 0.25) is 0 Å². The van der Waals surface area contributed by atoms with Crippen LogP contribution in [0.4, 0.5) is 10.1 Å². The highest BCUT2D eigenvalue weighted by atomic mass is 19.1. The maximum atomic E-state index is 13.7. The third-order valence-electron chi connectivity index (χ3n) is 4.56. The molecule has 0 bridgehead atoms. The van der Waals surface area contributed by atoms with Crippen molar-refractivity contribution in [3.05, 3.63) is 65.5 Å². The zero-order chi connectivity index (χ0) is 17.8. The Balaban J connectivity index is 1.72. The minimum Gasteiger partial charge on any atom is -0.339 e. The van der Waals surface area contributed by atoms with Crippen molar-refractivity contribution < 1.29 is 14.0 Å². The van der Waals surface area contributed by atoms with Crippen LogP contribution >= 0.6 is 0 Å². The van der Waals surface area contributed by atoms with Gasteiger partial charge in [-0.2, -0.15) is 0 Å². The van der Waals surface area contributed by atoms with Crippen LogP contribution < -0.4 is 5.32 Å². The van der Waals surface area contributed by atoms with Crippen LogP contribution in [0, 0.1) is 11.7 Å². The molecule has 5 heteroatoms. The lowest BCUT2D eigenvalue weighted by molar-refractivity contribution is 0.0697. The highest BCUT2D eigenvalue weighted by molar-refractivity contribution is 6.05. The fourth-order valence-corrected chi connectivity index (χ4v) is 2.97. The van der Waals surface area contributed by atoms with Gasteiger partial charge >= 0.3 is 0 Å². The molecule has 0 spiro atoms. The number of amides is 2. The highest BCUT2D eigenvalue weighted by Gasteiger charge is 2.21. The SMILES string of the molecule is CC1CCN(C(=O)c2cccc(NC(=O)c3ccccc3F)c2)CC1. The smallest absolute Gasteiger partial charge is 0.258 e. The molecule has 3 rings (SSSR count). The number of benzene rings is 2. The lowest BCUT2D eigenvalue weighted by atomic mass is 9.98. The molecule has 1 fully saturated rings. The van der Waals surface area contributed by atoms with Crippen molar-refractivity contribution in [2.24, 2.45) is 5.92 Å². The predicted octanol–water partition coefficient (Wildman–Crippen LogP) is 3.95. The van der Waals surface area contributed by atoms with Crippen LogP contribution in [0.1, 0.15) is 40.5 Å². The second kappa shape index (κ2) is 7.47. The minimum absolute atomic E-state index is 0.0238. The van der Waals surface area contributed by atoms with Gasteiger partial charge < -0.3 is 10.2 Å². The molecule has 25 heavy (non-hydrogen) atoms. The summed E-state index contributed by atoms with van der Waals surface area (Å²) in [4.78, 5) is 26.7. The molecule has 0 saturated carbocycles. The van der Waals surface area contributed by atoms with Gasteiger partial charge in [0.1, 0.15) is 5.82 Å².